The zero-order valence-corrected chi connectivity index (χ0v) is 13.2. The molecule has 0 saturated carbocycles. The summed E-state index contributed by atoms with van der Waals surface area (Å²) in [4.78, 5) is 11.7. The van der Waals surface area contributed by atoms with Crippen molar-refractivity contribution >= 4 is 0 Å². The lowest BCUT2D eigenvalue weighted by molar-refractivity contribution is 0.0956. The van der Waals surface area contributed by atoms with Gasteiger partial charge in [0.15, 0.2) is 0 Å². The number of hydrogen-bond acceptors (Lipinski definition) is 3. The van der Waals surface area contributed by atoms with Gasteiger partial charge in [0.2, 0.25) is 0 Å². The molecule has 2 aromatic carbocycles. The van der Waals surface area contributed by atoms with Gasteiger partial charge in [-0.25, -0.2) is 0 Å². The summed E-state index contributed by atoms with van der Waals surface area (Å²) >= 11 is 0. The van der Waals surface area contributed by atoms with Crippen molar-refractivity contribution in [2.24, 2.45) is 0 Å². The van der Waals surface area contributed by atoms with Crippen molar-refractivity contribution in [1.29, 1.82) is 0 Å². The average Bonchev–Trinajstić information content (AvgIpc) is 2.64. The first-order chi connectivity index (χ1) is 11.7. The molecule has 0 aliphatic heterocycles. The number of hydrogen-bond donors (Lipinski definition) is 2. The highest BCUT2D eigenvalue weighted by Crippen LogP contribution is 2.22. The highest BCUT2D eigenvalue weighted by Gasteiger charge is 2.06. The standard InChI is InChI=1S/C20H19NO3/c22-14-19(23)18-10-8-17(9-11-18)16-6-4-15(5-7-16)13-21-12-2-1-3-20(21)24/h1-12,19,22-23H,13-14H2/t19-/m0/s1. The third kappa shape index (κ3) is 3.62. The second kappa shape index (κ2) is 7.25. The van der Waals surface area contributed by atoms with Crippen molar-refractivity contribution < 1.29 is 10.2 Å². The minimum absolute atomic E-state index is 0.0143. The molecule has 0 unspecified atom stereocenters. The van der Waals surface area contributed by atoms with Crippen molar-refractivity contribution in [2.75, 3.05) is 6.61 Å². The number of aromatic nitrogens is 1. The molecule has 0 amide bonds. The van der Waals surface area contributed by atoms with Crippen LogP contribution in [0.2, 0.25) is 0 Å². The van der Waals surface area contributed by atoms with Crippen LogP contribution in [0.25, 0.3) is 11.1 Å². The van der Waals surface area contributed by atoms with Gasteiger partial charge in [0.1, 0.15) is 6.10 Å². The van der Waals surface area contributed by atoms with E-state index in [2.05, 4.69) is 0 Å². The van der Waals surface area contributed by atoms with Crippen molar-refractivity contribution in [3.63, 3.8) is 0 Å². The van der Waals surface area contributed by atoms with Crippen LogP contribution < -0.4 is 5.56 Å². The van der Waals surface area contributed by atoms with E-state index in [0.717, 1.165) is 16.7 Å². The van der Waals surface area contributed by atoms with E-state index in [1.54, 1.807) is 22.9 Å². The Balaban J connectivity index is 1.77. The fourth-order valence-electron chi connectivity index (χ4n) is 2.59. The number of rotatable bonds is 5. The summed E-state index contributed by atoms with van der Waals surface area (Å²) in [6.45, 7) is 0.258. The Bertz CT molecular complexity index is 851. The Morgan fingerprint density at radius 3 is 2.08 bits per heavy atom. The minimum Gasteiger partial charge on any atom is -0.393 e. The van der Waals surface area contributed by atoms with Crippen LogP contribution in [0.4, 0.5) is 0 Å². The fourth-order valence-corrected chi connectivity index (χ4v) is 2.59. The zero-order valence-electron chi connectivity index (χ0n) is 13.2. The minimum atomic E-state index is -0.842. The van der Waals surface area contributed by atoms with Crippen LogP contribution in [0.15, 0.2) is 77.7 Å². The number of aliphatic hydroxyl groups is 2. The smallest absolute Gasteiger partial charge is 0.250 e. The van der Waals surface area contributed by atoms with E-state index in [-0.39, 0.29) is 12.2 Å². The lowest BCUT2D eigenvalue weighted by Crippen LogP contribution is -2.18. The first kappa shape index (κ1) is 16.2. The molecule has 0 bridgehead atoms. The van der Waals surface area contributed by atoms with E-state index in [9.17, 15) is 9.90 Å². The lowest BCUT2D eigenvalue weighted by atomic mass is 10.0. The van der Waals surface area contributed by atoms with Crippen LogP contribution >= 0.6 is 0 Å². The van der Waals surface area contributed by atoms with E-state index in [1.807, 2.05) is 54.6 Å². The van der Waals surface area contributed by atoms with Crippen LogP contribution in [0.3, 0.4) is 0 Å². The van der Waals surface area contributed by atoms with Crippen molar-refractivity contribution in [1.82, 2.24) is 4.57 Å². The predicted molar refractivity (Wildman–Crippen MR) is 93.7 cm³/mol. The molecule has 3 rings (SSSR count). The van der Waals surface area contributed by atoms with E-state index < -0.39 is 6.10 Å². The van der Waals surface area contributed by atoms with Crippen LogP contribution in [-0.2, 0) is 6.54 Å². The number of aliphatic hydroxyl groups excluding tert-OH is 2. The van der Waals surface area contributed by atoms with Crippen molar-refractivity contribution in [3.05, 3.63) is 94.4 Å². The quantitative estimate of drug-likeness (QED) is 0.759. The van der Waals surface area contributed by atoms with Gasteiger partial charge in [-0.2, -0.15) is 0 Å². The molecule has 0 aliphatic rings. The van der Waals surface area contributed by atoms with Crippen molar-refractivity contribution in [3.8, 4) is 11.1 Å². The van der Waals surface area contributed by atoms with Gasteiger partial charge < -0.3 is 14.8 Å². The molecule has 1 heterocycles. The molecule has 1 atom stereocenters. The fraction of sp³-hybridized carbons (Fsp3) is 0.150. The van der Waals surface area contributed by atoms with Gasteiger partial charge in [-0.1, -0.05) is 54.6 Å². The summed E-state index contributed by atoms with van der Waals surface area (Å²) in [7, 11) is 0. The normalized spacial score (nSPS) is 12.1. The van der Waals surface area contributed by atoms with Gasteiger partial charge in [0, 0.05) is 12.3 Å². The summed E-state index contributed by atoms with van der Waals surface area (Å²) in [6, 6.07) is 20.6. The maximum Gasteiger partial charge on any atom is 0.250 e. The summed E-state index contributed by atoms with van der Waals surface area (Å²) in [6.07, 6.45) is 0.937. The summed E-state index contributed by atoms with van der Waals surface area (Å²) in [5, 5.41) is 18.6. The zero-order chi connectivity index (χ0) is 16.9. The Morgan fingerprint density at radius 1 is 0.875 bits per heavy atom. The molecule has 0 fully saturated rings. The second-order valence-electron chi connectivity index (χ2n) is 5.68. The van der Waals surface area contributed by atoms with E-state index in [4.69, 9.17) is 5.11 Å². The van der Waals surface area contributed by atoms with Gasteiger partial charge in [-0.15, -0.1) is 0 Å². The van der Waals surface area contributed by atoms with Gasteiger partial charge in [-0.05, 0) is 28.3 Å². The SMILES string of the molecule is O=c1ccccn1Cc1ccc(-c2ccc([C@@H](O)CO)cc2)cc1. The molecule has 0 aliphatic carbocycles. The highest BCUT2D eigenvalue weighted by atomic mass is 16.3. The van der Waals surface area contributed by atoms with Crippen LogP contribution in [0, 0.1) is 0 Å². The molecule has 3 aromatic rings. The summed E-state index contributed by atoms with van der Waals surface area (Å²) < 4.78 is 1.67. The summed E-state index contributed by atoms with van der Waals surface area (Å²) in [5.74, 6) is 0. The van der Waals surface area contributed by atoms with E-state index in [0.29, 0.717) is 12.1 Å². The number of benzene rings is 2. The molecule has 4 heteroatoms. The topological polar surface area (TPSA) is 62.5 Å². The maximum absolute atomic E-state index is 11.7. The molecule has 0 saturated heterocycles. The van der Waals surface area contributed by atoms with Crippen LogP contribution in [0.5, 0.6) is 0 Å². The van der Waals surface area contributed by atoms with Crippen LogP contribution in [0.1, 0.15) is 17.2 Å². The van der Waals surface area contributed by atoms with Gasteiger partial charge in [0.25, 0.3) is 5.56 Å². The first-order valence-corrected chi connectivity index (χ1v) is 7.81. The van der Waals surface area contributed by atoms with E-state index >= 15 is 0 Å². The number of pyridine rings is 1. The Labute approximate surface area is 140 Å². The average molecular weight is 321 g/mol. The molecule has 122 valence electrons. The Kier molecular flexibility index (Phi) is 4.89. The molecule has 0 radical (unpaired) electrons. The monoisotopic (exact) mass is 321 g/mol. The lowest BCUT2D eigenvalue weighted by Gasteiger charge is -2.09. The molecule has 24 heavy (non-hydrogen) atoms. The van der Waals surface area contributed by atoms with Gasteiger partial charge >= 0.3 is 0 Å². The third-order valence-corrected chi connectivity index (χ3v) is 4.01. The van der Waals surface area contributed by atoms with Crippen LogP contribution in [-0.4, -0.2) is 21.4 Å². The molecular weight excluding hydrogens is 302 g/mol. The van der Waals surface area contributed by atoms with Crippen molar-refractivity contribution in [2.45, 2.75) is 12.6 Å². The third-order valence-electron chi connectivity index (χ3n) is 4.01. The van der Waals surface area contributed by atoms with E-state index in [1.165, 1.54) is 0 Å². The largest absolute Gasteiger partial charge is 0.393 e. The molecular formula is C20H19NO3. The first-order valence-electron chi connectivity index (χ1n) is 7.81. The van der Waals surface area contributed by atoms with Gasteiger partial charge in [-0.3, -0.25) is 4.79 Å². The maximum atomic E-state index is 11.7. The number of nitrogens with zero attached hydrogens (tertiary/aromatic N) is 1. The molecule has 1 aromatic heterocycles. The Hall–Kier alpha value is -2.69. The molecule has 2 N–H and O–H groups in total. The highest BCUT2D eigenvalue weighted by molar-refractivity contribution is 5.64. The molecule has 0 spiro atoms. The molecule has 4 nitrogen and oxygen atoms in total. The predicted octanol–water partition coefficient (Wildman–Crippen LogP) is 2.59. The Morgan fingerprint density at radius 2 is 1.50 bits per heavy atom. The summed E-state index contributed by atoms with van der Waals surface area (Å²) in [5.41, 5.74) is 3.83. The second-order valence-corrected chi connectivity index (χ2v) is 5.68. The van der Waals surface area contributed by atoms with Gasteiger partial charge in [0.05, 0.1) is 13.2 Å².